The van der Waals surface area contributed by atoms with Gasteiger partial charge in [-0.05, 0) is 12.1 Å². The Bertz CT molecular complexity index is 436. The van der Waals surface area contributed by atoms with Crippen molar-refractivity contribution < 1.29 is 13.9 Å². The molecule has 0 bridgehead atoms. The largest absolute Gasteiger partial charge is 0.494 e. The van der Waals surface area contributed by atoms with Crippen molar-refractivity contribution in [2.75, 3.05) is 30.5 Å². The normalized spacial score (nSPS) is 19.3. The molecule has 18 heavy (non-hydrogen) atoms. The summed E-state index contributed by atoms with van der Waals surface area (Å²) >= 11 is 1.74. The molecule has 4 nitrogen and oxygen atoms in total. The van der Waals surface area contributed by atoms with Gasteiger partial charge >= 0.3 is 0 Å². The van der Waals surface area contributed by atoms with Crippen LogP contribution in [0.2, 0.25) is 0 Å². The molecule has 98 valence electrons. The number of thioether (sulfide) groups is 1. The second-order valence-corrected chi connectivity index (χ2v) is 5.07. The molecule has 0 aliphatic carbocycles. The lowest BCUT2D eigenvalue weighted by atomic mass is 10.2. The average molecular weight is 270 g/mol. The highest BCUT2D eigenvalue weighted by Crippen LogP contribution is 2.25. The zero-order chi connectivity index (χ0) is 13.0. The Hall–Kier alpha value is -1.27. The van der Waals surface area contributed by atoms with Gasteiger partial charge in [-0.15, -0.1) is 0 Å². The van der Waals surface area contributed by atoms with Crippen LogP contribution in [-0.2, 0) is 4.79 Å². The fraction of sp³-hybridized carbons (Fsp3) is 0.417. The standard InChI is InChI=1S/C12H15FN2O2S/c1-17-11-6-8(13)2-3-9(11)15-12(16)10-7-18-5-4-14-10/h2-3,6,10,14H,4-5,7H2,1H3,(H,15,16). The van der Waals surface area contributed by atoms with Crippen LogP contribution in [0.25, 0.3) is 0 Å². The van der Waals surface area contributed by atoms with Gasteiger partial charge in [0.1, 0.15) is 11.6 Å². The smallest absolute Gasteiger partial charge is 0.242 e. The van der Waals surface area contributed by atoms with Crippen LogP contribution in [0.4, 0.5) is 10.1 Å². The predicted octanol–water partition coefficient (Wildman–Crippen LogP) is 1.48. The van der Waals surface area contributed by atoms with Crippen molar-refractivity contribution in [3.05, 3.63) is 24.0 Å². The summed E-state index contributed by atoms with van der Waals surface area (Å²) in [6, 6.07) is 3.83. The third-order valence-corrected chi connectivity index (χ3v) is 3.72. The number of halogens is 1. The van der Waals surface area contributed by atoms with Crippen LogP contribution < -0.4 is 15.4 Å². The summed E-state index contributed by atoms with van der Waals surface area (Å²) in [5.41, 5.74) is 0.487. The van der Waals surface area contributed by atoms with Crippen molar-refractivity contribution in [2.24, 2.45) is 0 Å². The third kappa shape index (κ3) is 3.14. The molecule has 0 radical (unpaired) electrons. The SMILES string of the molecule is COc1cc(F)ccc1NC(=O)C1CSCCN1. The van der Waals surface area contributed by atoms with E-state index < -0.39 is 5.82 Å². The van der Waals surface area contributed by atoms with Crippen LogP contribution in [0.1, 0.15) is 0 Å². The van der Waals surface area contributed by atoms with Gasteiger partial charge in [0.15, 0.2) is 0 Å². The molecule has 6 heteroatoms. The number of carbonyl (C=O) groups is 1. The van der Waals surface area contributed by atoms with Gasteiger partial charge in [0, 0.05) is 24.1 Å². The highest BCUT2D eigenvalue weighted by molar-refractivity contribution is 7.99. The minimum absolute atomic E-state index is 0.118. The van der Waals surface area contributed by atoms with E-state index in [2.05, 4.69) is 10.6 Å². The van der Waals surface area contributed by atoms with Crippen LogP contribution in [0, 0.1) is 5.82 Å². The summed E-state index contributed by atoms with van der Waals surface area (Å²) in [7, 11) is 1.44. The summed E-state index contributed by atoms with van der Waals surface area (Å²) < 4.78 is 18.1. The van der Waals surface area contributed by atoms with Crippen LogP contribution in [-0.4, -0.2) is 37.1 Å². The Kier molecular flexibility index (Phi) is 4.43. The molecule has 1 atom stereocenters. The fourth-order valence-corrected chi connectivity index (χ4v) is 2.66. The van der Waals surface area contributed by atoms with Crippen molar-refractivity contribution in [1.82, 2.24) is 5.32 Å². The number of amides is 1. The number of hydrogen-bond donors (Lipinski definition) is 2. The number of methoxy groups -OCH3 is 1. The van der Waals surface area contributed by atoms with E-state index in [0.29, 0.717) is 11.4 Å². The monoisotopic (exact) mass is 270 g/mol. The molecule has 1 unspecified atom stereocenters. The van der Waals surface area contributed by atoms with E-state index in [4.69, 9.17) is 4.74 Å². The van der Waals surface area contributed by atoms with E-state index in [9.17, 15) is 9.18 Å². The molecular weight excluding hydrogens is 255 g/mol. The molecule has 0 aromatic heterocycles. The molecule has 1 heterocycles. The van der Waals surface area contributed by atoms with E-state index in [-0.39, 0.29) is 11.9 Å². The summed E-state index contributed by atoms with van der Waals surface area (Å²) in [6.07, 6.45) is 0. The predicted molar refractivity (Wildman–Crippen MR) is 70.7 cm³/mol. The Morgan fingerprint density at radius 2 is 2.44 bits per heavy atom. The van der Waals surface area contributed by atoms with Crippen molar-refractivity contribution >= 4 is 23.4 Å². The first-order chi connectivity index (χ1) is 8.70. The van der Waals surface area contributed by atoms with E-state index in [1.54, 1.807) is 11.8 Å². The number of hydrogen-bond acceptors (Lipinski definition) is 4. The zero-order valence-corrected chi connectivity index (χ0v) is 10.8. The van der Waals surface area contributed by atoms with E-state index in [0.717, 1.165) is 18.1 Å². The molecule has 2 rings (SSSR count). The molecule has 0 saturated carbocycles. The molecule has 1 aliphatic heterocycles. The molecule has 1 aromatic carbocycles. The number of carbonyl (C=O) groups excluding carboxylic acids is 1. The first kappa shape index (κ1) is 13.2. The molecular formula is C12H15FN2O2S. The second-order valence-electron chi connectivity index (χ2n) is 3.92. The van der Waals surface area contributed by atoms with E-state index in [1.807, 2.05) is 0 Å². The molecule has 0 spiro atoms. The Labute approximate surface area is 109 Å². The maximum Gasteiger partial charge on any atom is 0.242 e. The first-order valence-corrected chi connectivity index (χ1v) is 6.81. The van der Waals surface area contributed by atoms with Crippen LogP contribution in [0.15, 0.2) is 18.2 Å². The van der Waals surface area contributed by atoms with Crippen molar-refractivity contribution in [3.63, 3.8) is 0 Å². The van der Waals surface area contributed by atoms with E-state index >= 15 is 0 Å². The molecule has 2 N–H and O–H groups in total. The Balaban J connectivity index is 2.06. The second kappa shape index (κ2) is 6.06. The summed E-state index contributed by atoms with van der Waals surface area (Å²) in [6.45, 7) is 0.823. The molecule has 1 aromatic rings. The van der Waals surface area contributed by atoms with Gasteiger partial charge in [0.05, 0.1) is 18.8 Å². The number of anilines is 1. The highest BCUT2D eigenvalue weighted by atomic mass is 32.2. The van der Waals surface area contributed by atoms with Gasteiger partial charge in [0.25, 0.3) is 0 Å². The van der Waals surface area contributed by atoms with Gasteiger partial charge < -0.3 is 15.4 Å². The van der Waals surface area contributed by atoms with Crippen molar-refractivity contribution in [3.8, 4) is 5.75 Å². The fourth-order valence-electron chi connectivity index (χ4n) is 1.72. The minimum Gasteiger partial charge on any atom is -0.494 e. The van der Waals surface area contributed by atoms with Gasteiger partial charge in [-0.1, -0.05) is 0 Å². The maximum atomic E-state index is 13.0. The molecule has 1 fully saturated rings. The van der Waals surface area contributed by atoms with Crippen molar-refractivity contribution in [2.45, 2.75) is 6.04 Å². The van der Waals surface area contributed by atoms with Gasteiger partial charge in [-0.3, -0.25) is 4.79 Å². The van der Waals surface area contributed by atoms with Gasteiger partial charge in [0.2, 0.25) is 5.91 Å². The molecule has 1 amide bonds. The van der Waals surface area contributed by atoms with Crippen molar-refractivity contribution in [1.29, 1.82) is 0 Å². The lowest BCUT2D eigenvalue weighted by Crippen LogP contribution is -2.46. The highest BCUT2D eigenvalue weighted by Gasteiger charge is 2.21. The maximum absolute atomic E-state index is 13.0. The van der Waals surface area contributed by atoms with Gasteiger partial charge in [-0.2, -0.15) is 11.8 Å². The summed E-state index contributed by atoms with van der Waals surface area (Å²) in [4.78, 5) is 12.0. The number of ether oxygens (including phenoxy) is 1. The summed E-state index contributed by atoms with van der Waals surface area (Å²) in [5.74, 6) is 1.58. The summed E-state index contributed by atoms with van der Waals surface area (Å²) in [5, 5.41) is 5.89. The number of rotatable bonds is 3. The minimum atomic E-state index is -0.392. The first-order valence-electron chi connectivity index (χ1n) is 5.66. The zero-order valence-electron chi connectivity index (χ0n) is 10.0. The number of benzene rings is 1. The lowest BCUT2D eigenvalue weighted by Gasteiger charge is -2.22. The van der Waals surface area contributed by atoms with Gasteiger partial charge in [-0.25, -0.2) is 4.39 Å². The van der Waals surface area contributed by atoms with Crippen LogP contribution >= 0.6 is 11.8 Å². The van der Waals surface area contributed by atoms with Crippen LogP contribution in [0.5, 0.6) is 5.75 Å². The molecule has 1 saturated heterocycles. The van der Waals surface area contributed by atoms with Crippen LogP contribution in [0.3, 0.4) is 0 Å². The lowest BCUT2D eigenvalue weighted by molar-refractivity contribution is -0.117. The quantitative estimate of drug-likeness (QED) is 0.873. The average Bonchev–Trinajstić information content (AvgIpc) is 2.41. The van der Waals surface area contributed by atoms with E-state index in [1.165, 1.54) is 25.3 Å². The molecule has 1 aliphatic rings. The third-order valence-electron chi connectivity index (χ3n) is 2.66. The Morgan fingerprint density at radius 3 is 3.11 bits per heavy atom. The topological polar surface area (TPSA) is 50.4 Å². The Morgan fingerprint density at radius 1 is 1.61 bits per heavy atom. The number of nitrogens with one attached hydrogen (secondary N) is 2.